The predicted molar refractivity (Wildman–Crippen MR) is 176 cm³/mol. The third kappa shape index (κ3) is 8.41. The largest absolute Gasteiger partial charge is 0.448 e. The molecule has 1 amide bonds. The van der Waals surface area contributed by atoms with Crippen LogP contribution in [-0.2, 0) is 24.5 Å². The minimum Gasteiger partial charge on any atom is -0.448 e. The van der Waals surface area contributed by atoms with Crippen LogP contribution >= 0.6 is 23.2 Å². The van der Waals surface area contributed by atoms with Crippen LogP contribution in [0.25, 0.3) is 11.1 Å². The molecule has 3 aromatic carbocycles. The van der Waals surface area contributed by atoms with E-state index in [1.165, 1.54) is 54.9 Å². The molecule has 244 valence electrons. The summed E-state index contributed by atoms with van der Waals surface area (Å²) in [6, 6.07) is 13.7. The first-order valence-electron chi connectivity index (χ1n) is 13.5. The summed E-state index contributed by atoms with van der Waals surface area (Å²) in [4.78, 5) is 20.5. The van der Waals surface area contributed by atoms with Gasteiger partial charge in [0.05, 0.1) is 38.7 Å². The van der Waals surface area contributed by atoms with E-state index in [2.05, 4.69) is 29.7 Å². The molecule has 1 heterocycles. The first-order chi connectivity index (χ1) is 21.7. The van der Waals surface area contributed by atoms with Crippen molar-refractivity contribution in [3.63, 3.8) is 0 Å². The quantitative estimate of drug-likeness (QED) is 0.134. The molecule has 0 saturated carbocycles. The fourth-order valence-corrected chi connectivity index (χ4v) is 6.88. The van der Waals surface area contributed by atoms with E-state index in [1.54, 1.807) is 26.0 Å². The smallest absolute Gasteiger partial charge is 0.442 e. The van der Waals surface area contributed by atoms with Gasteiger partial charge in [-0.2, -0.15) is 4.98 Å². The van der Waals surface area contributed by atoms with E-state index in [4.69, 9.17) is 27.9 Å². The van der Waals surface area contributed by atoms with Crippen LogP contribution in [0.5, 0.6) is 0 Å². The molecule has 12 nitrogen and oxygen atoms in total. The summed E-state index contributed by atoms with van der Waals surface area (Å²) in [5, 5.41) is 15.5. The number of hydrogen-bond donors (Lipinski definition) is 4. The molecule has 0 bridgehead atoms. The number of aliphatic hydroxyl groups excluding tert-OH is 1. The molecular weight excluding hydrogens is 682 g/mol. The lowest BCUT2D eigenvalue weighted by Gasteiger charge is -2.17. The van der Waals surface area contributed by atoms with Crippen LogP contribution in [0.15, 0.2) is 81.0 Å². The summed E-state index contributed by atoms with van der Waals surface area (Å²) in [7, 11) is -7.31. The van der Waals surface area contributed by atoms with Gasteiger partial charge in [-0.15, -0.1) is 4.36 Å². The van der Waals surface area contributed by atoms with Gasteiger partial charge in [0.1, 0.15) is 16.5 Å². The van der Waals surface area contributed by atoms with Gasteiger partial charge in [0, 0.05) is 34.6 Å². The molecule has 0 spiro atoms. The number of aliphatic hydroxyl groups is 1. The second-order valence-electron chi connectivity index (χ2n) is 9.78. The van der Waals surface area contributed by atoms with Crippen LogP contribution in [0.3, 0.4) is 0 Å². The van der Waals surface area contributed by atoms with E-state index in [1.807, 2.05) is 0 Å². The summed E-state index contributed by atoms with van der Waals surface area (Å²) in [5.74, 6) is -0.496. The number of carbonyl (C=O) groups is 1. The highest BCUT2D eigenvalue weighted by Crippen LogP contribution is 2.33. The Morgan fingerprint density at radius 1 is 1.11 bits per heavy atom. The third-order valence-electron chi connectivity index (χ3n) is 6.24. The van der Waals surface area contributed by atoms with Crippen molar-refractivity contribution < 1.29 is 31.7 Å². The van der Waals surface area contributed by atoms with Gasteiger partial charge in [0.25, 0.3) is 10.0 Å². The number of benzene rings is 3. The molecule has 0 aliphatic heterocycles. The van der Waals surface area contributed by atoms with Crippen molar-refractivity contribution in [2.45, 2.75) is 29.7 Å². The molecule has 0 aliphatic rings. The molecule has 0 fully saturated rings. The van der Waals surface area contributed by atoms with Crippen molar-refractivity contribution >= 4 is 72.2 Å². The minimum atomic E-state index is -4.27. The van der Waals surface area contributed by atoms with Crippen molar-refractivity contribution in [1.29, 1.82) is 0 Å². The normalized spacial score (nSPS) is 13.3. The van der Waals surface area contributed by atoms with Gasteiger partial charge in [-0.05, 0) is 67.9 Å². The van der Waals surface area contributed by atoms with Crippen molar-refractivity contribution in [2.75, 3.05) is 34.8 Å². The average molecular weight is 712 g/mol. The summed E-state index contributed by atoms with van der Waals surface area (Å²) in [6.07, 6.45) is 1.84. The Morgan fingerprint density at radius 2 is 1.83 bits per heavy atom. The molecule has 2 unspecified atom stereocenters. The second-order valence-corrected chi connectivity index (χ2v) is 14.5. The van der Waals surface area contributed by atoms with Crippen LogP contribution in [0.4, 0.5) is 32.3 Å². The van der Waals surface area contributed by atoms with Gasteiger partial charge >= 0.3 is 6.09 Å². The third-order valence-corrected chi connectivity index (χ3v) is 10.2. The van der Waals surface area contributed by atoms with Crippen LogP contribution < -0.4 is 15.4 Å². The fourth-order valence-electron chi connectivity index (χ4n) is 3.96. The van der Waals surface area contributed by atoms with E-state index >= 15 is 4.39 Å². The van der Waals surface area contributed by atoms with Gasteiger partial charge in [-0.25, -0.2) is 26.8 Å². The zero-order chi connectivity index (χ0) is 33.6. The summed E-state index contributed by atoms with van der Waals surface area (Å²) >= 11 is 12.0. The SMILES string of the molecule is CCOC(=O)N=S(C)(=O)c1ccc(Nc2ncc(-c3ccc(NS(=O)(=O)c4cccc(Cl)c4Cl)c(F)c3)c(NC(C)CO)n2)cc1. The summed E-state index contributed by atoms with van der Waals surface area (Å²) in [5.41, 5.74) is 0.866. The molecule has 17 heteroatoms. The molecule has 2 atom stereocenters. The Labute approximate surface area is 275 Å². The van der Waals surface area contributed by atoms with Crippen LogP contribution in [0.2, 0.25) is 10.0 Å². The van der Waals surface area contributed by atoms with Gasteiger partial charge in [0.15, 0.2) is 0 Å². The number of sulfonamides is 1. The van der Waals surface area contributed by atoms with Crippen molar-refractivity contribution in [3.05, 3.63) is 82.7 Å². The zero-order valence-electron chi connectivity index (χ0n) is 24.6. The maximum atomic E-state index is 15.3. The topological polar surface area (TPSA) is 172 Å². The highest BCUT2D eigenvalue weighted by Gasteiger charge is 2.22. The Hall–Kier alpha value is -4.02. The summed E-state index contributed by atoms with van der Waals surface area (Å²) in [6.45, 7) is 3.20. The van der Waals surface area contributed by atoms with Crippen molar-refractivity contribution in [2.24, 2.45) is 4.36 Å². The van der Waals surface area contributed by atoms with E-state index in [-0.39, 0.29) is 45.6 Å². The number of nitrogens with zero attached hydrogens (tertiary/aromatic N) is 3. The standard InChI is InChI=1S/C29H29Cl2FN6O6S2/c1-4-44-29(40)38-45(3,41)20-11-9-19(10-12-20)35-28-33-15-21(27(36-28)34-17(2)16-39)18-8-13-24(23(32)14-18)37-46(42,43)25-7-5-6-22(30)26(25)31/h5-15,17,37,39H,4,16H2,1-3H3,(H2,33,34,35,36). The predicted octanol–water partition coefficient (Wildman–Crippen LogP) is 6.54. The zero-order valence-corrected chi connectivity index (χ0v) is 27.8. The number of amides is 1. The van der Waals surface area contributed by atoms with Gasteiger partial charge in [-0.3, -0.25) is 4.72 Å². The number of anilines is 4. The highest BCUT2D eigenvalue weighted by molar-refractivity contribution is 7.93. The minimum absolute atomic E-state index is 0.0286. The van der Waals surface area contributed by atoms with Gasteiger partial charge < -0.3 is 20.5 Å². The average Bonchev–Trinajstić information content (AvgIpc) is 2.99. The molecule has 46 heavy (non-hydrogen) atoms. The van der Waals surface area contributed by atoms with Crippen molar-refractivity contribution in [3.8, 4) is 11.1 Å². The number of ether oxygens (including phenoxy) is 1. The molecule has 0 aliphatic carbocycles. The molecule has 4 N–H and O–H groups in total. The van der Waals surface area contributed by atoms with Crippen LogP contribution in [0.1, 0.15) is 13.8 Å². The number of hydrogen-bond acceptors (Lipinski definition) is 10. The molecule has 4 rings (SSSR count). The number of nitrogens with one attached hydrogen (secondary N) is 3. The molecular formula is C29H29Cl2FN6O6S2. The molecule has 1 aromatic heterocycles. The monoisotopic (exact) mass is 710 g/mol. The Morgan fingerprint density at radius 3 is 2.48 bits per heavy atom. The van der Waals surface area contributed by atoms with Gasteiger partial charge in [-0.1, -0.05) is 35.3 Å². The van der Waals surface area contributed by atoms with Crippen LogP contribution in [0, 0.1) is 5.82 Å². The lowest BCUT2D eigenvalue weighted by atomic mass is 10.1. The van der Waals surface area contributed by atoms with Gasteiger partial charge in [0.2, 0.25) is 5.95 Å². The van der Waals surface area contributed by atoms with E-state index in [0.717, 1.165) is 6.07 Å². The Balaban J connectivity index is 1.60. The highest BCUT2D eigenvalue weighted by atomic mass is 35.5. The number of aromatic nitrogens is 2. The van der Waals surface area contributed by atoms with Crippen molar-refractivity contribution in [1.82, 2.24) is 9.97 Å². The van der Waals surface area contributed by atoms with Crippen LogP contribution in [-0.4, -0.2) is 59.3 Å². The number of rotatable bonds is 11. The van der Waals surface area contributed by atoms with E-state index < -0.39 is 37.7 Å². The lowest BCUT2D eigenvalue weighted by molar-refractivity contribution is 0.164. The Kier molecular flexibility index (Phi) is 11.1. The van der Waals surface area contributed by atoms with E-state index in [0.29, 0.717) is 21.7 Å². The molecule has 0 saturated heterocycles. The second kappa shape index (κ2) is 14.6. The first kappa shape index (κ1) is 34.8. The molecule has 0 radical (unpaired) electrons. The maximum absolute atomic E-state index is 15.3. The molecule has 4 aromatic rings. The number of halogens is 3. The maximum Gasteiger partial charge on any atom is 0.442 e. The van der Waals surface area contributed by atoms with E-state index in [9.17, 15) is 22.5 Å². The lowest BCUT2D eigenvalue weighted by Crippen LogP contribution is -2.21. The fraction of sp³-hybridized carbons (Fsp3) is 0.207. The first-order valence-corrected chi connectivity index (χ1v) is 17.7. The number of carbonyl (C=O) groups excluding carboxylic acids is 1. The summed E-state index contributed by atoms with van der Waals surface area (Å²) < 4.78 is 64.5. The Bertz CT molecular complexity index is 1990.